The van der Waals surface area contributed by atoms with Crippen LogP contribution in [0.3, 0.4) is 0 Å². The van der Waals surface area contributed by atoms with Crippen molar-refractivity contribution < 1.29 is 14.6 Å². The summed E-state index contributed by atoms with van der Waals surface area (Å²) in [6.07, 6.45) is 0. The Morgan fingerprint density at radius 1 is 1.50 bits per heavy atom. The quantitative estimate of drug-likeness (QED) is 0.723. The van der Waals surface area contributed by atoms with Gasteiger partial charge < -0.3 is 9.84 Å². The third-order valence-electron chi connectivity index (χ3n) is 2.28. The zero-order chi connectivity index (χ0) is 10.3. The van der Waals surface area contributed by atoms with Crippen LogP contribution in [0, 0.1) is 6.92 Å². The third kappa shape index (κ3) is 1.27. The van der Waals surface area contributed by atoms with Gasteiger partial charge in [0.15, 0.2) is 0 Å². The lowest BCUT2D eigenvalue weighted by molar-refractivity contribution is 0.0692. The highest BCUT2D eigenvalue weighted by molar-refractivity contribution is 6.32. The van der Waals surface area contributed by atoms with Crippen LogP contribution >= 0.6 is 11.6 Å². The Balaban J connectivity index is 2.72. The predicted octanol–water partition coefficient (Wildman–Crippen LogP) is 1.77. The summed E-state index contributed by atoms with van der Waals surface area (Å²) < 4.78 is 5.18. The SMILES string of the molecule is Cc1nc(Cl)c(C(=O)O)c2c1COC2. The van der Waals surface area contributed by atoms with Crippen molar-refractivity contribution in [2.24, 2.45) is 0 Å². The Labute approximate surface area is 85.5 Å². The van der Waals surface area contributed by atoms with E-state index >= 15 is 0 Å². The predicted molar refractivity (Wildman–Crippen MR) is 49.4 cm³/mol. The number of halogens is 1. The number of aryl methyl sites for hydroxylation is 1. The van der Waals surface area contributed by atoms with Crippen LogP contribution in [-0.2, 0) is 18.0 Å². The molecular weight excluding hydrogens is 206 g/mol. The molecular formula is C9H8ClNO3. The van der Waals surface area contributed by atoms with Crippen molar-refractivity contribution in [3.05, 3.63) is 27.5 Å². The van der Waals surface area contributed by atoms with E-state index in [1.165, 1.54) is 0 Å². The van der Waals surface area contributed by atoms with Crippen LogP contribution in [0.4, 0.5) is 0 Å². The van der Waals surface area contributed by atoms with E-state index in [-0.39, 0.29) is 10.7 Å². The number of carboxylic acid groups (broad SMARTS) is 1. The van der Waals surface area contributed by atoms with Crippen molar-refractivity contribution in [2.75, 3.05) is 0 Å². The van der Waals surface area contributed by atoms with Gasteiger partial charge in [-0.25, -0.2) is 9.78 Å². The Bertz CT molecular complexity index is 417. The van der Waals surface area contributed by atoms with Gasteiger partial charge in [0.1, 0.15) is 10.7 Å². The summed E-state index contributed by atoms with van der Waals surface area (Å²) in [4.78, 5) is 14.9. The molecule has 0 atom stereocenters. The first kappa shape index (κ1) is 9.43. The van der Waals surface area contributed by atoms with Crippen LogP contribution in [0.5, 0.6) is 0 Å². The zero-order valence-corrected chi connectivity index (χ0v) is 8.26. The molecule has 0 unspecified atom stereocenters. The van der Waals surface area contributed by atoms with Crippen molar-refractivity contribution in [3.63, 3.8) is 0 Å². The number of ether oxygens (including phenoxy) is 1. The minimum atomic E-state index is -1.05. The lowest BCUT2D eigenvalue weighted by atomic mass is 10.0. The first-order valence-corrected chi connectivity index (χ1v) is 4.48. The molecule has 1 aromatic heterocycles. The summed E-state index contributed by atoms with van der Waals surface area (Å²) in [5.41, 5.74) is 2.33. The molecule has 14 heavy (non-hydrogen) atoms. The van der Waals surface area contributed by atoms with Gasteiger partial charge in [0, 0.05) is 16.8 Å². The second kappa shape index (κ2) is 3.22. The van der Waals surface area contributed by atoms with Crippen molar-refractivity contribution in [1.82, 2.24) is 4.98 Å². The van der Waals surface area contributed by atoms with Crippen LogP contribution in [0.25, 0.3) is 0 Å². The fraction of sp³-hybridized carbons (Fsp3) is 0.333. The largest absolute Gasteiger partial charge is 0.478 e. The monoisotopic (exact) mass is 213 g/mol. The zero-order valence-electron chi connectivity index (χ0n) is 7.50. The molecule has 1 aliphatic rings. The number of rotatable bonds is 1. The molecule has 0 spiro atoms. The third-order valence-corrected chi connectivity index (χ3v) is 2.56. The molecule has 0 saturated carbocycles. The Morgan fingerprint density at radius 2 is 2.14 bits per heavy atom. The number of hydrogen-bond acceptors (Lipinski definition) is 3. The van der Waals surface area contributed by atoms with E-state index in [1.807, 2.05) is 0 Å². The van der Waals surface area contributed by atoms with Crippen molar-refractivity contribution in [1.29, 1.82) is 0 Å². The summed E-state index contributed by atoms with van der Waals surface area (Å²) in [6, 6.07) is 0. The minimum absolute atomic E-state index is 0.0410. The molecule has 1 aromatic rings. The highest BCUT2D eigenvalue weighted by Gasteiger charge is 2.25. The highest BCUT2D eigenvalue weighted by atomic mass is 35.5. The molecule has 0 saturated heterocycles. The lowest BCUT2D eigenvalue weighted by Gasteiger charge is -2.06. The molecule has 0 aromatic carbocycles. The number of nitrogens with zero attached hydrogens (tertiary/aromatic N) is 1. The summed E-state index contributed by atoms with van der Waals surface area (Å²) in [7, 11) is 0. The van der Waals surface area contributed by atoms with E-state index in [1.54, 1.807) is 6.92 Å². The fourth-order valence-corrected chi connectivity index (χ4v) is 1.91. The summed E-state index contributed by atoms with van der Waals surface area (Å²) in [5, 5.41) is 8.98. The van der Waals surface area contributed by atoms with Gasteiger partial charge in [0.2, 0.25) is 0 Å². The molecule has 4 nitrogen and oxygen atoms in total. The van der Waals surface area contributed by atoms with Gasteiger partial charge in [-0.2, -0.15) is 0 Å². The van der Waals surface area contributed by atoms with Gasteiger partial charge in [-0.15, -0.1) is 0 Å². The van der Waals surface area contributed by atoms with Gasteiger partial charge in [-0.05, 0) is 6.92 Å². The number of aromatic nitrogens is 1. The average molecular weight is 214 g/mol. The molecule has 0 radical (unpaired) electrons. The number of carbonyl (C=O) groups is 1. The Morgan fingerprint density at radius 3 is 2.79 bits per heavy atom. The first-order chi connectivity index (χ1) is 6.61. The molecule has 1 N–H and O–H groups in total. The maximum Gasteiger partial charge on any atom is 0.339 e. The second-order valence-electron chi connectivity index (χ2n) is 3.12. The molecule has 0 aliphatic carbocycles. The molecule has 2 heterocycles. The van der Waals surface area contributed by atoms with Gasteiger partial charge in [0.05, 0.1) is 13.2 Å². The fourth-order valence-electron chi connectivity index (χ4n) is 1.59. The van der Waals surface area contributed by atoms with E-state index in [9.17, 15) is 4.79 Å². The van der Waals surface area contributed by atoms with E-state index in [0.29, 0.717) is 18.8 Å². The van der Waals surface area contributed by atoms with E-state index in [0.717, 1.165) is 11.3 Å². The van der Waals surface area contributed by atoms with Crippen LogP contribution < -0.4 is 0 Å². The molecule has 0 bridgehead atoms. The number of fused-ring (bicyclic) bond motifs is 1. The average Bonchev–Trinajstić information content (AvgIpc) is 2.51. The van der Waals surface area contributed by atoms with Crippen molar-refractivity contribution in [3.8, 4) is 0 Å². The lowest BCUT2D eigenvalue weighted by Crippen LogP contribution is -2.06. The van der Waals surface area contributed by atoms with Gasteiger partial charge in [-0.1, -0.05) is 11.6 Å². The van der Waals surface area contributed by atoms with Gasteiger partial charge in [0.25, 0.3) is 0 Å². The normalized spacial score (nSPS) is 14.1. The molecule has 74 valence electrons. The van der Waals surface area contributed by atoms with E-state index in [4.69, 9.17) is 21.4 Å². The second-order valence-corrected chi connectivity index (χ2v) is 3.48. The maximum absolute atomic E-state index is 10.9. The van der Waals surface area contributed by atoms with Crippen molar-refractivity contribution in [2.45, 2.75) is 20.1 Å². The molecule has 0 amide bonds. The minimum Gasteiger partial charge on any atom is -0.478 e. The van der Waals surface area contributed by atoms with E-state index in [2.05, 4.69) is 4.98 Å². The van der Waals surface area contributed by atoms with Crippen LogP contribution in [0.1, 0.15) is 27.2 Å². The van der Waals surface area contributed by atoms with Gasteiger partial charge in [-0.3, -0.25) is 0 Å². The molecule has 5 heteroatoms. The smallest absolute Gasteiger partial charge is 0.339 e. The highest BCUT2D eigenvalue weighted by Crippen LogP contribution is 2.29. The first-order valence-electron chi connectivity index (χ1n) is 4.10. The number of hydrogen-bond donors (Lipinski definition) is 1. The Kier molecular flexibility index (Phi) is 2.17. The van der Waals surface area contributed by atoms with Crippen LogP contribution in [0.15, 0.2) is 0 Å². The molecule has 1 aliphatic heterocycles. The van der Waals surface area contributed by atoms with Crippen LogP contribution in [0.2, 0.25) is 5.15 Å². The number of carboxylic acids is 1. The van der Waals surface area contributed by atoms with Gasteiger partial charge >= 0.3 is 5.97 Å². The van der Waals surface area contributed by atoms with E-state index < -0.39 is 5.97 Å². The number of pyridine rings is 1. The summed E-state index contributed by atoms with van der Waals surface area (Å²) >= 11 is 5.76. The summed E-state index contributed by atoms with van der Waals surface area (Å²) in [5.74, 6) is -1.05. The van der Waals surface area contributed by atoms with Crippen LogP contribution in [-0.4, -0.2) is 16.1 Å². The maximum atomic E-state index is 10.9. The number of aromatic carboxylic acids is 1. The summed E-state index contributed by atoms with van der Waals surface area (Å²) in [6.45, 7) is 2.52. The standard InChI is InChI=1S/C9H8ClNO3/c1-4-5-2-14-3-6(5)7(9(12)13)8(10)11-4/h2-3H2,1H3,(H,12,13). The van der Waals surface area contributed by atoms with Crippen molar-refractivity contribution >= 4 is 17.6 Å². The molecule has 0 fully saturated rings. The Hall–Kier alpha value is -1.13. The molecule has 2 rings (SSSR count). The topological polar surface area (TPSA) is 59.4 Å².